The Labute approximate surface area is 250 Å². The molecule has 0 radical (unpaired) electrons. The number of ether oxygens (including phenoxy) is 1. The molecule has 0 saturated heterocycles. The van der Waals surface area contributed by atoms with Crippen LogP contribution in [0.2, 0.25) is 0 Å². The number of hydrogen-bond acceptors (Lipinski definition) is 9. The van der Waals surface area contributed by atoms with E-state index in [1.165, 1.54) is 35.9 Å². The van der Waals surface area contributed by atoms with E-state index in [-0.39, 0.29) is 35.6 Å². The van der Waals surface area contributed by atoms with E-state index in [9.17, 15) is 24.0 Å². The minimum Gasteiger partial charge on any atom is -0.456 e. The number of esters is 1. The van der Waals surface area contributed by atoms with E-state index in [4.69, 9.17) is 4.74 Å². The van der Waals surface area contributed by atoms with E-state index >= 15 is 0 Å². The first-order valence-corrected chi connectivity index (χ1v) is 16.4. The number of thiazole rings is 1. The number of carbonyl (C=O) groups is 5. The van der Waals surface area contributed by atoms with Crippen molar-refractivity contribution in [3.8, 4) is 0 Å². The Bertz CT molecular complexity index is 1110. The van der Waals surface area contributed by atoms with Crippen molar-refractivity contribution in [2.24, 2.45) is 5.92 Å². The molecule has 2 atom stereocenters. The highest BCUT2D eigenvalue weighted by molar-refractivity contribution is 8.13. The van der Waals surface area contributed by atoms with Crippen molar-refractivity contribution in [2.75, 3.05) is 5.75 Å². The van der Waals surface area contributed by atoms with Crippen molar-refractivity contribution in [2.45, 2.75) is 109 Å². The van der Waals surface area contributed by atoms with Crippen molar-refractivity contribution >= 4 is 51.9 Å². The Morgan fingerprint density at radius 2 is 1.95 bits per heavy atom. The van der Waals surface area contributed by atoms with Gasteiger partial charge in [0.05, 0.1) is 13.0 Å². The monoisotopic (exact) mass is 606 g/mol. The van der Waals surface area contributed by atoms with Gasteiger partial charge >= 0.3 is 5.97 Å². The molecule has 1 aromatic heterocycles. The Hall–Kier alpha value is -2.73. The summed E-state index contributed by atoms with van der Waals surface area (Å²) in [6.45, 7) is 5.86. The van der Waals surface area contributed by atoms with Crippen LogP contribution in [-0.2, 0) is 30.5 Å². The van der Waals surface area contributed by atoms with Crippen LogP contribution in [0, 0.1) is 5.92 Å². The van der Waals surface area contributed by atoms with Crippen LogP contribution in [0.5, 0.6) is 0 Å². The third-order valence-electron chi connectivity index (χ3n) is 7.00. The number of unbranched alkanes of at least 4 members (excludes halogenated alkanes) is 4. The van der Waals surface area contributed by atoms with Gasteiger partial charge in [-0.1, -0.05) is 64.3 Å². The van der Waals surface area contributed by atoms with Crippen molar-refractivity contribution in [1.82, 2.24) is 20.9 Å². The summed E-state index contributed by atoms with van der Waals surface area (Å²) in [6, 6.07) is -0.958. The molecule has 1 spiro atoms. The molecule has 2 bridgehead atoms. The molecule has 2 aliphatic rings. The molecular weight excluding hydrogens is 564 g/mol. The normalized spacial score (nSPS) is 21.5. The molecule has 3 rings (SSSR count). The van der Waals surface area contributed by atoms with Gasteiger partial charge in [-0.3, -0.25) is 19.2 Å². The van der Waals surface area contributed by atoms with Gasteiger partial charge in [0.1, 0.15) is 28.4 Å². The molecular formula is C29H42N4O6S2. The number of rotatable bonds is 11. The summed E-state index contributed by atoms with van der Waals surface area (Å²) in [5.74, 6) is -1.61. The second-order valence-corrected chi connectivity index (χ2v) is 13.0. The molecule has 10 nitrogen and oxygen atoms in total. The molecule has 1 aliphatic heterocycles. The second-order valence-electron chi connectivity index (χ2n) is 10.9. The number of allylic oxidation sites excluding steroid dienone is 1. The van der Waals surface area contributed by atoms with Crippen LogP contribution < -0.4 is 16.0 Å². The molecule has 3 amide bonds. The van der Waals surface area contributed by atoms with Crippen LogP contribution in [0.25, 0.3) is 0 Å². The largest absolute Gasteiger partial charge is 0.456 e. The molecule has 2 heterocycles. The number of aromatic nitrogens is 1. The Balaban J connectivity index is 1.64. The van der Waals surface area contributed by atoms with Crippen molar-refractivity contribution in [3.05, 3.63) is 28.2 Å². The summed E-state index contributed by atoms with van der Waals surface area (Å²) in [7, 11) is 0. The molecule has 1 fully saturated rings. The topological polar surface area (TPSA) is 144 Å². The van der Waals surface area contributed by atoms with E-state index in [2.05, 4.69) is 27.9 Å². The lowest BCUT2D eigenvalue weighted by molar-refractivity contribution is -0.153. The minimum atomic E-state index is -1.08. The van der Waals surface area contributed by atoms with Crippen LogP contribution in [-0.4, -0.2) is 57.2 Å². The van der Waals surface area contributed by atoms with Crippen LogP contribution in [0.15, 0.2) is 17.5 Å². The molecule has 226 valence electrons. The predicted molar refractivity (Wildman–Crippen MR) is 159 cm³/mol. The molecule has 0 unspecified atom stereocenters. The van der Waals surface area contributed by atoms with Gasteiger partial charge in [0.2, 0.25) is 11.8 Å². The fourth-order valence-electron chi connectivity index (χ4n) is 4.32. The highest BCUT2D eigenvalue weighted by Gasteiger charge is 2.52. The lowest BCUT2D eigenvalue weighted by Gasteiger charge is -2.26. The van der Waals surface area contributed by atoms with Gasteiger partial charge in [0.25, 0.3) is 5.91 Å². The van der Waals surface area contributed by atoms with Crippen LogP contribution >= 0.6 is 23.1 Å². The smallest absolute Gasteiger partial charge is 0.329 e. The number of amides is 3. The number of nitrogens with zero attached hydrogens (tertiary/aromatic N) is 1. The zero-order valence-corrected chi connectivity index (χ0v) is 25.8. The maximum absolute atomic E-state index is 13.2. The third kappa shape index (κ3) is 10.6. The maximum Gasteiger partial charge on any atom is 0.329 e. The van der Waals surface area contributed by atoms with Gasteiger partial charge in [-0.25, -0.2) is 9.78 Å². The molecule has 1 saturated carbocycles. The maximum atomic E-state index is 13.2. The summed E-state index contributed by atoms with van der Waals surface area (Å²) >= 11 is 2.53. The molecule has 41 heavy (non-hydrogen) atoms. The Kier molecular flexibility index (Phi) is 12.8. The van der Waals surface area contributed by atoms with E-state index in [1.807, 2.05) is 6.08 Å². The zero-order valence-electron chi connectivity index (χ0n) is 24.2. The first kappa shape index (κ1) is 32.8. The van der Waals surface area contributed by atoms with Gasteiger partial charge < -0.3 is 20.7 Å². The fourth-order valence-corrected chi connectivity index (χ4v) is 5.81. The lowest BCUT2D eigenvalue weighted by Crippen LogP contribution is -2.55. The molecule has 3 N–H and O–H groups in total. The molecule has 12 heteroatoms. The predicted octanol–water partition coefficient (Wildman–Crippen LogP) is 4.04. The number of thioether (sulfide) groups is 1. The highest BCUT2D eigenvalue weighted by Crippen LogP contribution is 2.36. The zero-order chi connectivity index (χ0) is 29.8. The first-order chi connectivity index (χ1) is 19.6. The summed E-state index contributed by atoms with van der Waals surface area (Å²) in [6.07, 6.45) is 10.1. The van der Waals surface area contributed by atoms with Gasteiger partial charge in [-0.2, -0.15) is 0 Å². The van der Waals surface area contributed by atoms with E-state index < -0.39 is 35.5 Å². The first-order valence-electron chi connectivity index (χ1n) is 14.5. The van der Waals surface area contributed by atoms with Crippen LogP contribution in [0.3, 0.4) is 0 Å². The summed E-state index contributed by atoms with van der Waals surface area (Å²) < 4.78 is 5.72. The Morgan fingerprint density at radius 3 is 2.66 bits per heavy atom. The van der Waals surface area contributed by atoms with Gasteiger partial charge in [-0.15, -0.1) is 11.3 Å². The molecule has 1 aliphatic carbocycles. The van der Waals surface area contributed by atoms with Crippen molar-refractivity contribution < 1.29 is 28.7 Å². The number of cyclic esters (lactones) is 1. The molecule has 0 aromatic carbocycles. The second kappa shape index (κ2) is 16.1. The van der Waals surface area contributed by atoms with Crippen molar-refractivity contribution in [3.63, 3.8) is 0 Å². The van der Waals surface area contributed by atoms with E-state index in [0.29, 0.717) is 36.4 Å². The SMILES string of the molecule is CCCCCCCC(=O)SCCC=C[C@@H]1CC(=O)NCc2nc(cs2)C(=O)NC2(CC2)C(=O)N[C@@H](C(C)C)C(=O)O1. The average molecular weight is 607 g/mol. The van der Waals surface area contributed by atoms with E-state index in [1.54, 1.807) is 25.3 Å². The summed E-state index contributed by atoms with van der Waals surface area (Å²) in [4.78, 5) is 68.2. The number of carbonyl (C=O) groups excluding carboxylic acids is 5. The van der Waals surface area contributed by atoms with Gasteiger partial charge in [0.15, 0.2) is 5.12 Å². The number of nitrogens with one attached hydrogen (secondary N) is 3. The summed E-state index contributed by atoms with van der Waals surface area (Å²) in [5, 5.41) is 10.6. The quantitative estimate of drug-likeness (QED) is 0.195. The van der Waals surface area contributed by atoms with Gasteiger partial charge in [-0.05, 0) is 37.7 Å². The molecule has 1 aromatic rings. The Morgan fingerprint density at radius 1 is 1.20 bits per heavy atom. The average Bonchev–Trinajstić information content (AvgIpc) is 3.55. The van der Waals surface area contributed by atoms with E-state index in [0.717, 1.165) is 19.3 Å². The van der Waals surface area contributed by atoms with Gasteiger partial charge in [0, 0.05) is 17.6 Å². The standard InChI is InChI=1S/C29H42N4O6S2/c1-4-5-6-7-8-12-24(35)40-15-10-9-11-20-16-22(34)30-17-23-31-21(18-41-23)26(36)33-29(13-14-29)28(38)32-25(19(2)3)27(37)39-20/h9,11,18-20,25H,4-8,10,12-17H2,1-3H3,(H,30,34)(H,32,38)(H,33,36)/t20-,25+/m1/s1. The highest BCUT2D eigenvalue weighted by atomic mass is 32.2. The van der Waals surface area contributed by atoms with Crippen LogP contribution in [0.4, 0.5) is 0 Å². The van der Waals surface area contributed by atoms with Crippen LogP contribution in [0.1, 0.15) is 100 Å². The number of hydrogen-bond donors (Lipinski definition) is 3. The minimum absolute atomic E-state index is 0.118. The third-order valence-corrected chi connectivity index (χ3v) is 8.82. The lowest BCUT2D eigenvalue weighted by atomic mass is 10.0. The van der Waals surface area contributed by atoms with Crippen molar-refractivity contribution in [1.29, 1.82) is 0 Å². The summed E-state index contributed by atoms with van der Waals surface area (Å²) in [5.41, 5.74) is -0.900. The number of fused-ring (bicyclic) bond motifs is 2. The fraction of sp³-hybridized carbons (Fsp3) is 0.655.